The van der Waals surface area contributed by atoms with Crippen molar-refractivity contribution in [3.05, 3.63) is 27.2 Å². The van der Waals surface area contributed by atoms with Crippen LogP contribution in [0, 0.1) is 11.6 Å². The number of hydrogen-bond acceptors (Lipinski definition) is 2. The molecule has 0 spiro atoms. The molecule has 0 aliphatic carbocycles. The lowest BCUT2D eigenvalue weighted by molar-refractivity contribution is 0.422. The largest absolute Gasteiger partial charge is 0.493 e. The van der Waals surface area contributed by atoms with Crippen molar-refractivity contribution in [1.82, 2.24) is 0 Å². The van der Waals surface area contributed by atoms with E-state index in [0.29, 0.717) is 6.07 Å². The molecule has 0 unspecified atom stereocenters. The van der Waals surface area contributed by atoms with Gasteiger partial charge in [0.25, 0.3) is 0 Å². The zero-order valence-electron chi connectivity index (χ0n) is 6.06. The van der Waals surface area contributed by atoms with Gasteiger partial charge in [-0.2, -0.15) is 0 Å². The first kappa shape index (κ1) is 10.9. The molecule has 1 rings (SSSR count). The van der Waals surface area contributed by atoms with Gasteiger partial charge >= 0.3 is 7.12 Å². The smallest absolute Gasteiger partial charge is 0.423 e. The quantitative estimate of drug-likeness (QED) is 0.455. The fourth-order valence-corrected chi connectivity index (χ4v) is 1.42. The lowest BCUT2D eigenvalue weighted by atomic mass is 9.80. The molecule has 7 heteroatoms. The summed E-state index contributed by atoms with van der Waals surface area (Å²) in [6.45, 7) is 0. The van der Waals surface area contributed by atoms with E-state index in [1.807, 2.05) is 0 Å². The van der Waals surface area contributed by atoms with Gasteiger partial charge in [0.1, 0.15) is 11.6 Å². The standard InChI is InChI=1S/C6H3BBrClF2O2/c8-5-3(11)1-2(10)4(6(5)9)7(12)13/h1,12-13H. The van der Waals surface area contributed by atoms with Gasteiger partial charge < -0.3 is 10.0 Å². The van der Waals surface area contributed by atoms with Crippen molar-refractivity contribution in [3.8, 4) is 0 Å². The Kier molecular flexibility index (Phi) is 3.29. The molecule has 1 aromatic rings. The summed E-state index contributed by atoms with van der Waals surface area (Å²) in [5.41, 5.74) is -0.546. The van der Waals surface area contributed by atoms with Crippen molar-refractivity contribution in [2.75, 3.05) is 0 Å². The fourth-order valence-electron chi connectivity index (χ4n) is 0.817. The predicted octanol–water partition coefficient (Wildman–Crippen LogP) is 1.06. The molecule has 2 nitrogen and oxygen atoms in total. The lowest BCUT2D eigenvalue weighted by Gasteiger charge is -2.06. The van der Waals surface area contributed by atoms with Crippen LogP contribution in [0.2, 0.25) is 5.02 Å². The maximum atomic E-state index is 12.9. The van der Waals surface area contributed by atoms with Crippen LogP contribution in [0.1, 0.15) is 0 Å². The molecule has 70 valence electrons. The Labute approximate surface area is 86.4 Å². The first-order valence-electron chi connectivity index (χ1n) is 3.14. The van der Waals surface area contributed by atoms with Crippen LogP contribution in [0.3, 0.4) is 0 Å². The predicted molar refractivity (Wildman–Crippen MR) is 48.9 cm³/mol. The Bertz CT molecular complexity index is 348. The van der Waals surface area contributed by atoms with Gasteiger partial charge in [0.15, 0.2) is 0 Å². The third-order valence-electron chi connectivity index (χ3n) is 1.41. The molecule has 0 fully saturated rings. The highest BCUT2D eigenvalue weighted by Crippen LogP contribution is 2.24. The van der Waals surface area contributed by atoms with Crippen LogP contribution >= 0.6 is 27.5 Å². The zero-order valence-corrected chi connectivity index (χ0v) is 8.40. The van der Waals surface area contributed by atoms with E-state index in [2.05, 4.69) is 15.9 Å². The van der Waals surface area contributed by atoms with E-state index in [4.69, 9.17) is 21.6 Å². The topological polar surface area (TPSA) is 40.5 Å². The van der Waals surface area contributed by atoms with Crippen LogP contribution in [-0.2, 0) is 0 Å². The average molecular weight is 271 g/mol. The summed E-state index contributed by atoms with van der Waals surface area (Å²) in [4.78, 5) is 0. The van der Waals surface area contributed by atoms with Crippen LogP contribution < -0.4 is 5.46 Å². The van der Waals surface area contributed by atoms with Crippen molar-refractivity contribution >= 4 is 40.1 Å². The number of rotatable bonds is 1. The summed E-state index contributed by atoms with van der Waals surface area (Å²) in [7, 11) is -2.07. The normalized spacial score (nSPS) is 10.3. The monoisotopic (exact) mass is 270 g/mol. The first-order valence-corrected chi connectivity index (χ1v) is 4.31. The molecule has 0 aliphatic heterocycles. The molecule has 0 bridgehead atoms. The van der Waals surface area contributed by atoms with E-state index >= 15 is 0 Å². The Morgan fingerprint density at radius 3 is 2.31 bits per heavy atom. The van der Waals surface area contributed by atoms with Gasteiger partial charge in [-0.15, -0.1) is 0 Å². The van der Waals surface area contributed by atoms with Gasteiger partial charge in [-0.05, 0) is 15.9 Å². The summed E-state index contributed by atoms with van der Waals surface area (Å²) in [5, 5.41) is 17.0. The fraction of sp³-hybridized carbons (Fsp3) is 0. The second kappa shape index (κ2) is 3.92. The molecule has 0 heterocycles. The van der Waals surface area contributed by atoms with Crippen molar-refractivity contribution in [2.45, 2.75) is 0 Å². The van der Waals surface area contributed by atoms with Gasteiger partial charge in [-0.3, -0.25) is 0 Å². The van der Waals surface area contributed by atoms with Gasteiger partial charge in [0, 0.05) is 11.5 Å². The van der Waals surface area contributed by atoms with Gasteiger partial charge in [-0.25, -0.2) is 8.78 Å². The second-order valence-electron chi connectivity index (χ2n) is 2.26. The number of hydrogen-bond donors (Lipinski definition) is 2. The molecule has 0 aliphatic rings. The molecule has 0 atom stereocenters. The van der Waals surface area contributed by atoms with E-state index in [0.717, 1.165) is 0 Å². The Hall–Kier alpha value is -0.165. The molecule has 0 aromatic heterocycles. The zero-order chi connectivity index (χ0) is 10.2. The number of benzene rings is 1. The third kappa shape index (κ3) is 2.02. The molecule has 0 amide bonds. The molecule has 1 aromatic carbocycles. The maximum Gasteiger partial charge on any atom is 0.493 e. The van der Waals surface area contributed by atoms with Crippen LogP contribution in [0.4, 0.5) is 8.78 Å². The molecule has 13 heavy (non-hydrogen) atoms. The van der Waals surface area contributed by atoms with Crippen LogP contribution in [-0.4, -0.2) is 17.2 Å². The Morgan fingerprint density at radius 2 is 1.85 bits per heavy atom. The Morgan fingerprint density at radius 1 is 1.31 bits per heavy atom. The lowest BCUT2D eigenvalue weighted by Crippen LogP contribution is -2.34. The SMILES string of the molecule is OB(O)c1c(F)cc(F)c(Br)c1Cl. The first-order chi connectivity index (χ1) is 5.95. The third-order valence-corrected chi connectivity index (χ3v) is 2.80. The summed E-state index contributed by atoms with van der Waals surface area (Å²) in [5.74, 6) is -1.99. The minimum atomic E-state index is -2.07. The van der Waals surface area contributed by atoms with Gasteiger partial charge in [0.2, 0.25) is 0 Å². The maximum absolute atomic E-state index is 12.9. The van der Waals surface area contributed by atoms with E-state index in [-0.39, 0.29) is 9.50 Å². The molecule has 0 saturated heterocycles. The highest BCUT2D eigenvalue weighted by Gasteiger charge is 2.24. The van der Waals surface area contributed by atoms with E-state index in [1.54, 1.807) is 0 Å². The molecule has 0 saturated carbocycles. The number of halogens is 4. The summed E-state index contributed by atoms with van der Waals surface area (Å²) < 4.78 is 25.4. The minimum absolute atomic E-state index is 0.196. The highest BCUT2D eigenvalue weighted by molar-refractivity contribution is 9.10. The van der Waals surface area contributed by atoms with Crippen molar-refractivity contribution < 1.29 is 18.8 Å². The Balaban J connectivity index is 3.44. The van der Waals surface area contributed by atoms with Crippen LogP contribution in [0.5, 0.6) is 0 Å². The molecule has 2 N–H and O–H groups in total. The summed E-state index contributed by atoms with van der Waals surface area (Å²) in [6.07, 6.45) is 0. The van der Waals surface area contributed by atoms with Gasteiger partial charge in [0.05, 0.1) is 9.50 Å². The van der Waals surface area contributed by atoms with E-state index < -0.39 is 24.2 Å². The molecular formula is C6H3BBrClF2O2. The summed E-state index contributed by atoms with van der Waals surface area (Å²) >= 11 is 8.19. The average Bonchev–Trinajstić information content (AvgIpc) is 1.99. The highest BCUT2D eigenvalue weighted by atomic mass is 79.9. The summed E-state index contributed by atoms with van der Waals surface area (Å²) in [6, 6.07) is 0.519. The van der Waals surface area contributed by atoms with Crippen molar-refractivity contribution in [2.24, 2.45) is 0 Å². The second-order valence-corrected chi connectivity index (χ2v) is 3.43. The van der Waals surface area contributed by atoms with Crippen molar-refractivity contribution in [1.29, 1.82) is 0 Å². The molecule has 0 radical (unpaired) electrons. The van der Waals surface area contributed by atoms with E-state index in [1.165, 1.54) is 0 Å². The van der Waals surface area contributed by atoms with Crippen molar-refractivity contribution in [3.63, 3.8) is 0 Å². The minimum Gasteiger partial charge on any atom is -0.423 e. The van der Waals surface area contributed by atoms with E-state index in [9.17, 15) is 8.78 Å². The van der Waals surface area contributed by atoms with Crippen LogP contribution in [0.15, 0.2) is 10.5 Å². The van der Waals surface area contributed by atoms with Gasteiger partial charge in [-0.1, -0.05) is 11.6 Å². The van der Waals surface area contributed by atoms with Crippen LogP contribution in [0.25, 0.3) is 0 Å². The molecular weight excluding hydrogens is 268 g/mol.